The average Bonchev–Trinajstić information content (AvgIpc) is 2.54. The number of carbonyl (C=O) groups excluding carboxylic acids is 1. The number of alkyl halides is 6. The quantitative estimate of drug-likeness (QED) is 0.472. The molecule has 138 valence electrons. The lowest BCUT2D eigenvalue weighted by molar-refractivity contribution is -0.140. The minimum Gasteiger partial charge on any atom is -0.267 e. The molecule has 0 radical (unpaired) electrons. The number of halogens is 7. The molecule has 0 atom stereocenters. The van der Waals surface area contributed by atoms with Crippen LogP contribution in [0.25, 0.3) is 0 Å². The lowest BCUT2D eigenvalue weighted by atomic mass is 10.1. The summed E-state index contributed by atoms with van der Waals surface area (Å²) in [5, 5.41) is 3.32. The monoisotopic (exact) mass is 378 g/mol. The molecule has 3 nitrogen and oxygen atoms in total. The molecule has 0 unspecified atom stereocenters. The number of hydrazone groups is 1. The Morgan fingerprint density at radius 1 is 0.923 bits per heavy atom. The van der Waals surface area contributed by atoms with E-state index in [4.69, 9.17) is 0 Å². The Labute approximate surface area is 142 Å². The first kappa shape index (κ1) is 19.4. The molecule has 0 aliphatic heterocycles. The summed E-state index contributed by atoms with van der Waals surface area (Å²) in [5.41, 5.74) is -1.24. The van der Waals surface area contributed by atoms with Gasteiger partial charge in [-0.3, -0.25) is 4.79 Å². The molecular weight excluding hydrogens is 369 g/mol. The van der Waals surface area contributed by atoms with Gasteiger partial charge >= 0.3 is 12.4 Å². The highest BCUT2D eigenvalue weighted by atomic mass is 19.4. The lowest BCUT2D eigenvalue weighted by Gasteiger charge is -2.09. The standard InChI is InChI=1S/C16H9F7N2O/c17-13-10(2-1-3-12(13)16(21,22)23)8-24-25-14(26)9-4-6-11(7-5-9)15(18,19)20/h1-8H,(H,25,26)/b24-8+. The largest absolute Gasteiger partial charge is 0.419 e. The molecule has 0 spiro atoms. The van der Waals surface area contributed by atoms with Crippen LogP contribution in [0.3, 0.4) is 0 Å². The molecule has 26 heavy (non-hydrogen) atoms. The van der Waals surface area contributed by atoms with Crippen molar-refractivity contribution in [1.29, 1.82) is 0 Å². The number of carbonyl (C=O) groups is 1. The SMILES string of the molecule is O=C(N/N=C/c1cccc(C(F)(F)F)c1F)c1ccc(C(F)(F)F)cc1. The summed E-state index contributed by atoms with van der Waals surface area (Å²) in [7, 11) is 0. The van der Waals surface area contributed by atoms with Gasteiger partial charge in [-0.25, -0.2) is 9.82 Å². The van der Waals surface area contributed by atoms with Crippen molar-refractivity contribution in [1.82, 2.24) is 5.43 Å². The highest BCUT2D eigenvalue weighted by molar-refractivity contribution is 5.94. The van der Waals surface area contributed by atoms with Crippen LogP contribution in [0.15, 0.2) is 47.6 Å². The second-order valence-electron chi connectivity index (χ2n) is 4.98. The smallest absolute Gasteiger partial charge is 0.267 e. The summed E-state index contributed by atoms with van der Waals surface area (Å²) in [6.45, 7) is 0. The van der Waals surface area contributed by atoms with Gasteiger partial charge in [-0.2, -0.15) is 31.4 Å². The van der Waals surface area contributed by atoms with Crippen LogP contribution < -0.4 is 5.43 Å². The van der Waals surface area contributed by atoms with E-state index in [1.54, 1.807) is 0 Å². The van der Waals surface area contributed by atoms with E-state index in [0.29, 0.717) is 24.4 Å². The molecule has 1 N–H and O–H groups in total. The molecule has 1 amide bonds. The summed E-state index contributed by atoms with van der Waals surface area (Å²) in [6.07, 6.45) is -8.79. The fourth-order valence-electron chi connectivity index (χ4n) is 1.90. The predicted octanol–water partition coefficient (Wildman–Crippen LogP) is 4.63. The predicted molar refractivity (Wildman–Crippen MR) is 77.9 cm³/mol. The van der Waals surface area contributed by atoms with E-state index in [1.807, 2.05) is 5.43 Å². The van der Waals surface area contributed by atoms with Crippen LogP contribution in [-0.4, -0.2) is 12.1 Å². The zero-order valence-electron chi connectivity index (χ0n) is 12.6. The van der Waals surface area contributed by atoms with Crippen molar-refractivity contribution in [3.8, 4) is 0 Å². The zero-order valence-corrected chi connectivity index (χ0v) is 12.6. The molecule has 0 saturated carbocycles. The topological polar surface area (TPSA) is 41.5 Å². The first-order valence-corrected chi connectivity index (χ1v) is 6.86. The third-order valence-corrected chi connectivity index (χ3v) is 3.18. The molecule has 2 aromatic carbocycles. The second kappa shape index (κ2) is 7.14. The highest BCUT2D eigenvalue weighted by Crippen LogP contribution is 2.32. The van der Waals surface area contributed by atoms with Gasteiger partial charge in [0.05, 0.1) is 17.3 Å². The van der Waals surface area contributed by atoms with E-state index in [1.165, 1.54) is 0 Å². The van der Waals surface area contributed by atoms with Crippen molar-refractivity contribution >= 4 is 12.1 Å². The van der Waals surface area contributed by atoms with Gasteiger partial charge in [0.15, 0.2) is 0 Å². The van der Waals surface area contributed by atoms with Crippen molar-refractivity contribution in [2.75, 3.05) is 0 Å². The number of hydrogen-bond donors (Lipinski definition) is 1. The second-order valence-corrected chi connectivity index (χ2v) is 4.98. The van der Waals surface area contributed by atoms with Gasteiger partial charge in [-0.15, -0.1) is 0 Å². The number of benzene rings is 2. The number of amides is 1. The van der Waals surface area contributed by atoms with E-state index in [9.17, 15) is 35.5 Å². The van der Waals surface area contributed by atoms with E-state index < -0.39 is 40.8 Å². The molecule has 0 fully saturated rings. The fourth-order valence-corrected chi connectivity index (χ4v) is 1.90. The number of rotatable bonds is 3. The van der Waals surface area contributed by atoms with Gasteiger partial charge in [0.1, 0.15) is 5.82 Å². The molecule has 2 rings (SSSR count). The van der Waals surface area contributed by atoms with Gasteiger partial charge < -0.3 is 0 Å². The van der Waals surface area contributed by atoms with Crippen LogP contribution in [0.1, 0.15) is 27.0 Å². The lowest BCUT2D eigenvalue weighted by Crippen LogP contribution is -2.18. The van der Waals surface area contributed by atoms with Gasteiger partial charge in [0, 0.05) is 11.1 Å². The van der Waals surface area contributed by atoms with Crippen molar-refractivity contribution in [2.45, 2.75) is 12.4 Å². The number of nitrogens with zero attached hydrogens (tertiary/aromatic N) is 1. The number of nitrogens with one attached hydrogen (secondary N) is 1. The maximum Gasteiger partial charge on any atom is 0.419 e. The van der Waals surface area contributed by atoms with Gasteiger partial charge in [0.2, 0.25) is 0 Å². The Morgan fingerprint density at radius 3 is 2.08 bits per heavy atom. The van der Waals surface area contributed by atoms with Crippen molar-refractivity contribution in [3.05, 3.63) is 70.5 Å². The van der Waals surface area contributed by atoms with E-state index in [-0.39, 0.29) is 5.56 Å². The van der Waals surface area contributed by atoms with Gasteiger partial charge in [0.25, 0.3) is 5.91 Å². The van der Waals surface area contributed by atoms with Gasteiger partial charge in [-0.05, 0) is 30.3 Å². The van der Waals surface area contributed by atoms with Crippen LogP contribution in [0.5, 0.6) is 0 Å². The third kappa shape index (κ3) is 4.58. The van der Waals surface area contributed by atoms with Crippen molar-refractivity contribution < 1.29 is 35.5 Å². The van der Waals surface area contributed by atoms with E-state index in [2.05, 4.69) is 5.10 Å². The van der Waals surface area contributed by atoms with Crippen LogP contribution in [0.2, 0.25) is 0 Å². The molecule has 10 heteroatoms. The summed E-state index contributed by atoms with van der Waals surface area (Å²) in [5.74, 6) is -2.48. The minimum atomic E-state index is -4.89. The number of hydrogen-bond acceptors (Lipinski definition) is 2. The van der Waals surface area contributed by atoms with Crippen LogP contribution in [0.4, 0.5) is 30.7 Å². The van der Waals surface area contributed by atoms with Crippen molar-refractivity contribution in [2.24, 2.45) is 5.10 Å². The summed E-state index contributed by atoms with van der Waals surface area (Å²) in [6, 6.07) is 5.70. The normalized spacial score (nSPS) is 12.4. The van der Waals surface area contributed by atoms with Gasteiger partial charge in [-0.1, -0.05) is 12.1 Å². The Kier molecular flexibility index (Phi) is 5.33. The van der Waals surface area contributed by atoms with E-state index >= 15 is 0 Å². The first-order chi connectivity index (χ1) is 12.0. The minimum absolute atomic E-state index is 0.167. The molecule has 0 aliphatic carbocycles. The summed E-state index contributed by atoms with van der Waals surface area (Å²) < 4.78 is 88.8. The Balaban J connectivity index is 2.10. The molecular formula is C16H9F7N2O. The Hall–Kier alpha value is -2.91. The maximum absolute atomic E-state index is 13.7. The molecule has 2 aromatic rings. The van der Waals surface area contributed by atoms with E-state index in [0.717, 1.165) is 24.3 Å². The Morgan fingerprint density at radius 2 is 1.54 bits per heavy atom. The molecule has 0 bridgehead atoms. The van der Waals surface area contributed by atoms with Crippen molar-refractivity contribution in [3.63, 3.8) is 0 Å². The summed E-state index contributed by atoms with van der Waals surface area (Å²) in [4.78, 5) is 11.7. The highest BCUT2D eigenvalue weighted by Gasteiger charge is 2.34. The third-order valence-electron chi connectivity index (χ3n) is 3.18. The molecule has 0 heterocycles. The van der Waals surface area contributed by atoms with Crippen LogP contribution in [0, 0.1) is 5.82 Å². The first-order valence-electron chi connectivity index (χ1n) is 6.86. The molecule has 0 aromatic heterocycles. The fraction of sp³-hybridized carbons (Fsp3) is 0.125. The Bertz CT molecular complexity index is 824. The summed E-state index contributed by atoms with van der Waals surface area (Å²) >= 11 is 0. The van der Waals surface area contributed by atoms with Crippen LogP contribution >= 0.6 is 0 Å². The molecule has 0 saturated heterocycles. The zero-order chi connectivity index (χ0) is 19.5. The molecule has 0 aliphatic rings. The maximum atomic E-state index is 13.7. The van der Waals surface area contributed by atoms with Crippen LogP contribution in [-0.2, 0) is 12.4 Å². The average molecular weight is 378 g/mol.